The average molecular weight is 515 g/mol. The van der Waals surface area contributed by atoms with Crippen LogP contribution in [0, 0.1) is 0 Å². The Bertz CT molecular complexity index is 1180. The number of carbonyl (C=O) groups excluding carboxylic acids is 1. The van der Waals surface area contributed by atoms with Crippen LogP contribution < -0.4 is 14.2 Å². The molecule has 0 saturated carbocycles. The average Bonchev–Trinajstić information content (AvgIpc) is 2.91. The lowest BCUT2D eigenvalue weighted by Gasteiger charge is -2.36. The summed E-state index contributed by atoms with van der Waals surface area (Å²) in [4.78, 5) is 15.3. The van der Waals surface area contributed by atoms with Gasteiger partial charge in [0, 0.05) is 38.2 Å². The number of hydrogen-bond acceptors (Lipinski definition) is 6. The van der Waals surface area contributed by atoms with Crippen LogP contribution in [0.15, 0.2) is 47.4 Å². The van der Waals surface area contributed by atoms with Crippen molar-refractivity contribution in [1.82, 2.24) is 9.21 Å². The fourth-order valence-corrected chi connectivity index (χ4v) is 6.73. The maximum Gasteiger partial charge on any atom is 0.243 e. The normalized spacial score (nSPS) is 22.1. The molecule has 194 valence electrons. The summed E-state index contributed by atoms with van der Waals surface area (Å²) in [5, 5.41) is 0. The van der Waals surface area contributed by atoms with Gasteiger partial charge in [0.1, 0.15) is 25.6 Å². The molecular weight excluding hydrogens is 480 g/mol. The smallest absolute Gasteiger partial charge is 0.243 e. The summed E-state index contributed by atoms with van der Waals surface area (Å²) in [7, 11) is -3.83. The molecule has 3 aliphatic rings. The van der Waals surface area contributed by atoms with Crippen molar-refractivity contribution in [3.05, 3.63) is 48.0 Å². The maximum absolute atomic E-state index is 13.6. The predicted molar refractivity (Wildman–Crippen MR) is 135 cm³/mol. The SMILES string of the molecule is O=C1CCCN(S(=O)(=O)c2ccc3c(c2)OCCO3)CCOc2cccc(c2)CCC2CCCCN12. The molecule has 2 aromatic rings. The Morgan fingerprint density at radius 1 is 0.778 bits per heavy atom. The van der Waals surface area contributed by atoms with Gasteiger partial charge in [-0.2, -0.15) is 4.31 Å². The van der Waals surface area contributed by atoms with Crippen LogP contribution in [0.1, 0.15) is 44.1 Å². The molecule has 0 aliphatic carbocycles. The number of sulfonamides is 1. The van der Waals surface area contributed by atoms with Crippen LogP contribution in [0.4, 0.5) is 0 Å². The van der Waals surface area contributed by atoms with Gasteiger partial charge < -0.3 is 19.1 Å². The number of amides is 1. The Kier molecular flexibility index (Phi) is 7.67. The zero-order valence-corrected chi connectivity index (χ0v) is 21.4. The largest absolute Gasteiger partial charge is 0.492 e. The van der Waals surface area contributed by atoms with Gasteiger partial charge in [0.2, 0.25) is 15.9 Å². The van der Waals surface area contributed by atoms with Crippen molar-refractivity contribution in [3.8, 4) is 17.2 Å². The van der Waals surface area contributed by atoms with Crippen molar-refractivity contribution in [2.75, 3.05) is 39.5 Å². The third-order valence-corrected chi connectivity index (χ3v) is 9.07. The summed E-state index contributed by atoms with van der Waals surface area (Å²) in [5.41, 5.74) is 1.17. The van der Waals surface area contributed by atoms with Crippen molar-refractivity contribution in [2.24, 2.45) is 0 Å². The first kappa shape index (κ1) is 24.9. The third kappa shape index (κ3) is 5.62. The molecule has 0 aromatic heterocycles. The highest BCUT2D eigenvalue weighted by atomic mass is 32.2. The molecule has 0 radical (unpaired) electrons. The van der Waals surface area contributed by atoms with Gasteiger partial charge in [-0.25, -0.2) is 8.42 Å². The summed E-state index contributed by atoms with van der Waals surface area (Å²) in [5.74, 6) is 1.83. The van der Waals surface area contributed by atoms with Crippen LogP contribution in [-0.4, -0.2) is 69.0 Å². The van der Waals surface area contributed by atoms with Crippen molar-refractivity contribution < 1.29 is 27.4 Å². The molecule has 9 heteroatoms. The minimum Gasteiger partial charge on any atom is -0.492 e. The quantitative estimate of drug-likeness (QED) is 0.609. The zero-order valence-electron chi connectivity index (χ0n) is 20.6. The van der Waals surface area contributed by atoms with Crippen LogP contribution in [-0.2, 0) is 21.2 Å². The Balaban J connectivity index is 1.38. The first-order valence-electron chi connectivity index (χ1n) is 12.9. The standard InChI is InChI=1S/C27H34N2O6S/c30-27-8-4-13-28(36(31,32)24-11-12-25-26(20-24)35-18-17-34-25)15-16-33-23-7-3-5-21(19-23)9-10-22-6-1-2-14-29(22)27/h3,5,7,11-12,19-20,22H,1-2,4,6,8-10,13-18H2. The van der Waals surface area contributed by atoms with E-state index in [-0.39, 0.29) is 36.5 Å². The number of carbonyl (C=O) groups is 1. The number of ether oxygens (including phenoxy) is 3. The monoisotopic (exact) mass is 514 g/mol. The highest BCUT2D eigenvalue weighted by Gasteiger charge is 2.29. The lowest BCUT2D eigenvalue weighted by atomic mass is 9.95. The highest BCUT2D eigenvalue weighted by molar-refractivity contribution is 7.89. The van der Waals surface area contributed by atoms with Crippen molar-refractivity contribution in [1.29, 1.82) is 0 Å². The molecule has 0 spiro atoms. The summed E-state index contributed by atoms with van der Waals surface area (Å²) < 4.78 is 45.8. The van der Waals surface area contributed by atoms with E-state index in [1.165, 1.54) is 15.9 Å². The number of fused-ring (bicyclic) bond motifs is 4. The Morgan fingerprint density at radius 2 is 1.64 bits per heavy atom. The van der Waals surface area contributed by atoms with Gasteiger partial charge in [0.25, 0.3) is 0 Å². The van der Waals surface area contributed by atoms with Gasteiger partial charge >= 0.3 is 0 Å². The summed E-state index contributed by atoms with van der Waals surface area (Å²) in [6, 6.07) is 12.9. The number of hydrogen-bond donors (Lipinski definition) is 0. The van der Waals surface area contributed by atoms with E-state index in [1.807, 2.05) is 23.1 Å². The van der Waals surface area contributed by atoms with Crippen molar-refractivity contribution >= 4 is 15.9 Å². The number of piperidine rings is 1. The van der Waals surface area contributed by atoms with E-state index in [0.717, 1.165) is 44.4 Å². The molecule has 0 N–H and O–H groups in total. The molecule has 1 unspecified atom stereocenters. The molecule has 3 aliphatic heterocycles. The summed E-state index contributed by atoms with van der Waals surface area (Å²) in [6.45, 7) is 2.25. The van der Waals surface area contributed by atoms with Crippen molar-refractivity contribution in [2.45, 2.75) is 55.9 Å². The minimum atomic E-state index is -3.83. The maximum atomic E-state index is 13.6. The number of aryl methyl sites for hydroxylation is 1. The molecule has 1 fully saturated rings. The fourth-order valence-electron chi connectivity index (χ4n) is 5.25. The van der Waals surface area contributed by atoms with Crippen LogP contribution in [0.3, 0.4) is 0 Å². The van der Waals surface area contributed by atoms with Gasteiger partial charge in [-0.1, -0.05) is 12.1 Å². The molecule has 5 rings (SSSR count). The molecule has 1 saturated heterocycles. The zero-order chi connectivity index (χ0) is 25.0. The van der Waals surface area contributed by atoms with E-state index in [0.29, 0.717) is 37.6 Å². The fraction of sp³-hybridized carbons (Fsp3) is 0.519. The van der Waals surface area contributed by atoms with Crippen LogP contribution in [0.2, 0.25) is 0 Å². The molecular formula is C27H34N2O6S. The van der Waals surface area contributed by atoms with Crippen LogP contribution in [0.5, 0.6) is 17.2 Å². The van der Waals surface area contributed by atoms with Gasteiger partial charge in [-0.15, -0.1) is 0 Å². The van der Waals surface area contributed by atoms with Gasteiger partial charge in [-0.05, 0) is 68.4 Å². The topological polar surface area (TPSA) is 85.4 Å². The molecule has 8 nitrogen and oxygen atoms in total. The summed E-state index contributed by atoms with van der Waals surface area (Å²) >= 11 is 0. The molecule has 1 atom stereocenters. The third-order valence-electron chi connectivity index (χ3n) is 7.17. The molecule has 2 aromatic carbocycles. The molecule has 1 amide bonds. The van der Waals surface area contributed by atoms with E-state index in [2.05, 4.69) is 6.07 Å². The van der Waals surface area contributed by atoms with E-state index in [4.69, 9.17) is 14.2 Å². The van der Waals surface area contributed by atoms with Crippen LogP contribution in [0.25, 0.3) is 0 Å². The second kappa shape index (κ2) is 11.1. The number of nitrogens with zero attached hydrogens (tertiary/aromatic N) is 2. The Morgan fingerprint density at radius 3 is 2.53 bits per heavy atom. The summed E-state index contributed by atoms with van der Waals surface area (Å²) in [6.07, 6.45) is 5.79. The van der Waals surface area contributed by atoms with E-state index in [1.54, 1.807) is 12.1 Å². The molecule has 3 heterocycles. The lowest BCUT2D eigenvalue weighted by molar-refractivity contribution is -0.135. The Hall–Kier alpha value is -2.78. The second-order valence-electron chi connectivity index (χ2n) is 9.58. The molecule has 36 heavy (non-hydrogen) atoms. The minimum absolute atomic E-state index is 0.122. The lowest BCUT2D eigenvalue weighted by Crippen LogP contribution is -2.44. The Labute approximate surface area is 213 Å². The molecule has 2 bridgehead atoms. The van der Waals surface area contributed by atoms with Gasteiger partial charge in [-0.3, -0.25) is 4.79 Å². The van der Waals surface area contributed by atoms with Gasteiger partial charge in [0.15, 0.2) is 11.5 Å². The second-order valence-corrected chi connectivity index (χ2v) is 11.5. The first-order chi connectivity index (χ1) is 17.5. The van der Waals surface area contributed by atoms with Gasteiger partial charge in [0.05, 0.1) is 4.90 Å². The first-order valence-corrected chi connectivity index (χ1v) is 14.4. The van der Waals surface area contributed by atoms with E-state index >= 15 is 0 Å². The van der Waals surface area contributed by atoms with Crippen molar-refractivity contribution in [3.63, 3.8) is 0 Å². The van der Waals surface area contributed by atoms with E-state index < -0.39 is 10.0 Å². The number of rotatable bonds is 2. The van der Waals surface area contributed by atoms with Crippen LogP contribution >= 0.6 is 0 Å². The predicted octanol–water partition coefficient (Wildman–Crippen LogP) is 3.64. The number of benzene rings is 2. The highest BCUT2D eigenvalue weighted by Crippen LogP contribution is 2.33. The van der Waals surface area contributed by atoms with E-state index in [9.17, 15) is 13.2 Å².